The summed E-state index contributed by atoms with van der Waals surface area (Å²) in [6, 6.07) is 5.80. The van der Waals surface area contributed by atoms with Crippen molar-refractivity contribution >= 4 is 0 Å². The van der Waals surface area contributed by atoms with Crippen LogP contribution in [0.25, 0.3) is 0 Å². The molecule has 0 saturated carbocycles. The van der Waals surface area contributed by atoms with Crippen molar-refractivity contribution in [1.82, 2.24) is 9.47 Å². The van der Waals surface area contributed by atoms with E-state index in [4.69, 9.17) is 5.73 Å². The van der Waals surface area contributed by atoms with E-state index in [2.05, 4.69) is 4.90 Å². The van der Waals surface area contributed by atoms with Crippen LogP contribution in [0.3, 0.4) is 0 Å². The summed E-state index contributed by atoms with van der Waals surface area (Å²) in [4.78, 5) is 14.1. The van der Waals surface area contributed by atoms with E-state index in [-0.39, 0.29) is 5.56 Å². The van der Waals surface area contributed by atoms with E-state index >= 15 is 0 Å². The lowest BCUT2D eigenvalue weighted by Gasteiger charge is -2.29. The topological polar surface area (TPSA) is 51.3 Å². The Hall–Kier alpha value is -1.13. The van der Waals surface area contributed by atoms with Crippen LogP contribution in [0.2, 0.25) is 0 Å². The zero-order chi connectivity index (χ0) is 12.8. The first-order valence-corrected chi connectivity index (χ1v) is 6.91. The van der Waals surface area contributed by atoms with Crippen LogP contribution >= 0.6 is 0 Å². The normalized spacial score (nSPS) is 21.7. The molecule has 2 heterocycles. The van der Waals surface area contributed by atoms with Crippen molar-refractivity contribution in [3.8, 4) is 0 Å². The molecular formula is C14H23N3O. The highest BCUT2D eigenvalue weighted by Gasteiger charge is 2.19. The monoisotopic (exact) mass is 249 g/mol. The first-order chi connectivity index (χ1) is 8.81. The van der Waals surface area contributed by atoms with Crippen LogP contribution in [0.15, 0.2) is 29.2 Å². The van der Waals surface area contributed by atoms with Crippen LogP contribution in [0.5, 0.6) is 0 Å². The van der Waals surface area contributed by atoms with Crippen molar-refractivity contribution in [3.63, 3.8) is 0 Å². The Kier molecular flexibility index (Phi) is 4.96. The highest BCUT2D eigenvalue weighted by Crippen LogP contribution is 2.15. The third-order valence-electron chi connectivity index (χ3n) is 3.80. The number of aromatic nitrogens is 1. The fraction of sp³-hybridized carbons (Fsp3) is 0.643. The van der Waals surface area contributed by atoms with Gasteiger partial charge in [-0.25, -0.2) is 0 Å². The van der Waals surface area contributed by atoms with Crippen molar-refractivity contribution < 1.29 is 0 Å². The number of nitrogens with two attached hydrogens (primary N) is 1. The molecule has 0 amide bonds. The Morgan fingerprint density at radius 2 is 2.11 bits per heavy atom. The standard InChI is InChI=1S/C14H23N3O/c15-12-13-6-2-1-4-8-16(13)10-11-17-9-5-3-7-14(17)18/h3,5,7,9,13H,1-2,4,6,8,10-12,15H2. The van der Waals surface area contributed by atoms with Gasteiger partial charge in [-0.1, -0.05) is 18.9 Å². The number of rotatable bonds is 4. The molecular weight excluding hydrogens is 226 g/mol. The maximum absolute atomic E-state index is 11.6. The third-order valence-corrected chi connectivity index (χ3v) is 3.80. The molecule has 0 spiro atoms. The molecule has 1 aromatic heterocycles. The summed E-state index contributed by atoms with van der Waals surface area (Å²) in [7, 11) is 0. The minimum atomic E-state index is 0.0802. The summed E-state index contributed by atoms with van der Waals surface area (Å²) >= 11 is 0. The van der Waals surface area contributed by atoms with Crippen LogP contribution in [0, 0.1) is 0 Å². The molecule has 1 atom stereocenters. The quantitative estimate of drug-likeness (QED) is 0.868. The van der Waals surface area contributed by atoms with Crippen LogP contribution in [-0.2, 0) is 6.54 Å². The van der Waals surface area contributed by atoms with E-state index in [0.29, 0.717) is 6.04 Å². The van der Waals surface area contributed by atoms with Gasteiger partial charge < -0.3 is 10.3 Å². The van der Waals surface area contributed by atoms with E-state index in [1.54, 1.807) is 16.7 Å². The average Bonchev–Trinajstić information content (AvgIpc) is 2.62. The molecule has 1 saturated heterocycles. The largest absolute Gasteiger partial charge is 0.329 e. The summed E-state index contributed by atoms with van der Waals surface area (Å²) in [6.45, 7) is 3.52. The summed E-state index contributed by atoms with van der Waals surface area (Å²) in [5, 5.41) is 0. The van der Waals surface area contributed by atoms with Crippen LogP contribution in [0.4, 0.5) is 0 Å². The van der Waals surface area contributed by atoms with Crippen LogP contribution in [0.1, 0.15) is 25.7 Å². The molecule has 1 fully saturated rings. The maximum Gasteiger partial charge on any atom is 0.250 e. The van der Waals surface area contributed by atoms with Gasteiger partial charge in [0.1, 0.15) is 0 Å². The van der Waals surface area contributed by atoms with Crippen LogP contribution < -0.4 is 11.3 Å². The van der Waals surface area contributed by atoms with Gasteiger partial charge in [0.05, 0.1) is 0 Å². The highest BCUT2D eigenvalue weighted by atomic mass is 16.1. The summed E-state index contributed by atoms with van der Waals surface area (Å²) in [5.41, 5.74) is 5.93. The van der Waals surface area contributed by atoms with Crippen molar-refractivity contribution in [2.45, 2.75) is 38.3 Å². The third kappa shape index (κ3) is 3.43. The summed E-state index contributed by atoms with van der Waals surface area (Å²) < 4.78 is 1.78. The molecule has 4 heteroatoms. The minimum Gasteiger partial charge on any atom is -0.329 e. The van der Waals surface area contributed by atoms with Crippen molar-refractivity contribution in [1.29, 1.82) is 0 Å². The Labute approximate surface area is 108 Å². The lowest BCUT2D eigenvalue weighted by molar-refractivity contribution is 0.196. The predicted molar refractivity (Wildman–Crippen MR) is 73.6 cm³/mol. The fourth-order valence-electron chi connectivity index (χ4n) is 2.68. The van der Waals surface area contributed by atoms with Gasteiger partial charge in [-0.15, -0.1) is 0 Å². The van der Waals surface area contributed by atoms with Gasteiger partial charge in [-0.05, 0) is 25.5 Å². The molecule has 1 aliphatic heterocycles. The molecule has 1 aliphatic rings. The van der Waals surface area contributed by atoms with Gasteiger partial charge in [0, 0.05) is 37.9 Å². The number of nitrogens with zero attached hydrogens (tertiary/aromatic N) is 2. The summed E-state index contributed by atoms with van der Waals surface area (Å²) in [5.74, 6) is 0. The highest BCUT2D eigenvalue weighted by molar-refractivity contribution is 4.93. The maximum atomic E-state index is 11.6. The molecule has 100 valence electrons. The Balaban J connectivity index is 1.95. The second kappa shape index (κ2) is 6.71. The van der Waals surface area contributed by atoms with Crippen molar-refractivity contribution in [2.75, 3.05) is 19.6 Å². The molecule has 0 aliphatic carbocycles. The molecule has 4 nitrogen and oxygen atoms in total. The Morgan fingerprint density at radius 1 is 1.22 bits per heavy atom. The smallest absolute Gasteiger partial charge is 0.250 e. The SMILES string of the molecule is NCC1CCCCCN1CCn1ccccc1=O. The molecule has 1 unspecified atom stereocenters. The first-order valence-electron chi connectivity index (χ1n) is 6.91. The van der Waals surface area contributed by atoms with Gasteiger partial charge in [0.2, 0.25) is 0 Å². The van der Waals surface area contributed by atoms with E-state index in [9.17, 15) is 4.79 Å². The first kappa shape index (κ1) is 13.3. The molecule has 2 N–H and O–H groups in total. The van der Waals surface area contributed by atoms with Gasteiger partial charge in [0.15, 0.2) is 0 Å². The molecule has 0 radical (unpaired) electrons. The fourth-order valence-corrected chi connectivity index (χ4v) is 2.68. The van der Waals surface area contributed by atoms with E-state index in [1.807, 2.05) is 12.3 Å². The second-order valence-corrected chi connectivity index (χ2v) is 5.01. The number of likely N-dealkylation sites (tertiary alicyclic amines) is 1. The summed E-state index contributed by atoms with van der Waals surface area (Å²) in [6.07, 6.45) is 6.89. The lowest BCUT2D eigenvalue weighted by Crippen LogP contribution is -2.42. The number of pyridine rings is 1. The van der Waals surface area contributed by atoms with E-state index in [0.717, 1.165) is 26.2 Å². The van der Waals surface area contributed by atoms with E-state index in [1.165, 1.54) is 25.7 Å². The van der Waals surface area contributed by atoms with Gasteiger partial charge in [-0.2, -0.15) is 0 Å². The lowest BCUT2D eigenvalue weighted by atomic mass is 10.1. The second-order valence-electron chi connectivity index (χ2n) is 5.01. The van der Waals surface area contributed by atoms with Gasteiger partial charge >= 0.3 is 0 Å². The zero-order valence-electron chi connectivity index (χ0n) is 10.9. The molecule has 2 rings (SSSR count). The Morgan fingerprint density at radius 3 is 2.89 bits per heavy atom. The number of hydrogen-bond acceptors (Lipinski definition) is 3. The van der Waals surface area contributed by atoms with Crippen LogP contribution in [-0.4, -0.2) is 35.1 Å². The predicted octanol–water partition coefficient (Wildman–Crippen LogP) is 1.05. The molecule has 18 heavy (non-hydrogen) atoms. The average molecular weight is 249 g/mol. The number of hydrogen-bond donors (Lipinski definition) is 1. The van der Waals surface area contributed by atoms with Gasteiger partial charge in [0.25, 0.3) is 5.56 Å². The molecule has 0 aromatic carbocycles. The zero-order valence-corrected chi connectivity index (χ0v) is 10.9. The molecule has 0 bridgehead atoms. The molecule has 1 aromatic rings. The Bertz CT molecular complexity index is 416. The van der Waals surface area contributed by atoms with Crippen molar-refractivity contribution in [2.24, 2.45) is 5.73 Å². The van der Waals surface area contributed by atoms with E-state index < -0.39 is 0 Å². The van der Waals surface area contributed by atoms with Crippen molar-refractivity contribution in [3.05, 3.63) is 34.7 Å². The van der Waals surface area contributed by atoms with Gasteiger partial charge in [-0.3, -0.25) is 9.69 Å². The minimum absolute atomic E-state index is 0.0802.